The Bertz CT molecular complexity index is 1220. The van der Waals surface area contributed by atoms with Gasteiger partial charge >= 0.3 is 0 Å². The van der Waals surface area contributed by atoms with Crippen LogP contribution in [0.15, 0.2) is 66.7 Å². The van der Waals surface area contributed by atoms with Crippen LogP contribution in [-0.2, 0) is 5.41 Å². The molecule has 1 aliphatic carbocycles. The van der Waals surface area contributed by atoms with E-state index in [-0.39, 0.29) is 11.9 Å². The maximum absolute atomic E-state index is 13.2. The van der Waals surface area contributed by atoms with Gasteiger partial charge in [0, 0.05) is 23.4 Å². The topological polar surface area (TPSA) is 58.6 Å². The summed E-state index contributed by atoms with van der Waals surface area (Å²) in [7, 11) is 6.07. The second-order valence-electron chi connectivity index (χ2n) is 10.9. The number of likely N-dealkylation sites (tertiary alicyclic amines) is 1. The SMILES string of the molecule is COc1cccc([C@@]23CC[N+](C)(C)C[C@@]2(O)CC[C@@H](NC(=O)c2ccc4ccccc4c2)C3)c1. The van der Waals surface area contributed by atoms with Gasteiger partial charge in [0.15, 0.2) is 0 Å². The van der Waals surface area contributed by atoms with E-state index in [1.165, 1.54) is 0 Å². The van der Waals surface area contributed by atoms with Gasteiger partial charge in [0.25, 0.3) is 5.91 Å². The van der Waals surface area contributed by atoms with Crippen LogP contribution in [0.3, 0.4) is 0 Å². The molecule has 2 fully saturated rings. The molecule has 1 amide bonds. The molecule has 0 spiro atoms. The zero-order valence-corrected chi connectivity index (χ0v) is 20.4. The van der Waals surface area contributed by atoms with Gasteiger partial charge < -0.3 is 19.6 Å². The fraction of sp³-hybridized carbons (Fsp3) is 0.414. The zero-order chi connectivity index (χ0) is 24.0. The number of rotatable bonds is 4. The number of methoxy groups -OCH3 is 1. The molecule has 3 aromatic carbocycles. The second-order valence-corrected chi connectivity index (χ2v) is 10.9. The van der Waals surface area contributed by atoms with Crippen molar-refractivity contribution in [1.82, 2.24) is 5.32 Å². The van der Waals surface area contributed by atoms with Crippen molar-refractivity contribution in [2.45, 2.75) is 42.7 Å². The Kier molecular flexibility index (Phi) is 5.65. The number of ether oxygens (including phenoxy) is 1. The number of nitrogens with one attached hydrogen (secondary N) is 1. The third-order valence-electron chi connectivity index (χ3n) is 8.19. The Labute approximate surface area is 201 Å². The van der Waals surface area contributed by atoms with E-state index in [2.05, 4.69) is 37.6 Å². The number of fused-ring (bicyclic) bond motifs is 2. The molecule has 5 nitrogen and oxygen atoms in total. The standard InChI is InChI=1S/C29H34N2O3/c1-31(2)16-15-28(24-9-6-10-26(18-24)34-3)19-25(13-14-29(28,33)20-31)30-27(32)23-12-11-21-7-4-5-8-22(21)17-23/h4-12,17-18,25,33H,13-16,19-20H2,1-3H3/p+1/t25-,28+,29+/m1/s1. The van der Waals surface area contributed by atoms with Crippen molar-refractivity contribution in [3.05, 3.63) is 77.9 Å². The maximum Gasteiger partial charge on any atom is 0.251 e. The Morgan fingerprint density at radius 3 is 2.62 bits per heavy atom. The Balaban J connectivity index is 1.45. The highest BCUT2D eigenvalue weighted by atomic mass is 16.5. The third kappa shape index (κ3) is 3.97. The van der Waals surface area contributed by atoms with E-state index in [1.54, 1.807) is 7.11 Å². The molecular weight excluding hydrogens is 424 g/mol. The summed E-state index contributed by atoms with van der Waals surface area (Å²) in [4.78, 5) is 13.2. The maximum atomic E-state index is 13.2. The van der Waals surface area contributed by atoms with Crippen molar-refractivity contribution in [2.24, 2.45) is 0 Å². The molecular formula is C29H35N2O3+. The van der Waals surface area contributed by atoms with Crippen molar-refractivity contribution in [3.8, 4) is 5.75 Å². The summed E-state index contributed by atoms with van der Waals surface area (Å²) in [6, 6.07) is 22.1. The largest absolute Gasteiger partial charge is 0.497 e. The Morgan fingerprint density at radius 2 is 1.82 bits per heavy atom. The predicted octanol–water partition coefficient (Wildman–Crippen LogP) is 4.28. The number of benzene rings is 3. The van der Waals surface area contributed by atoms with E-state index in [9.17, 15) is 9.90 Å². The minimum absolute atomic E-state index is 0.000779. The number of amides is 1. The molecule has 0 bridgehead atoms. The fourth-order valence-electron chi connectivity index (χ4n) is 6.38. The van der Waals surface area contributed by atoms with Crippen molar-refractivity contribution in [1.29, 1.82) is 0 Å². The normalized spacial score (nSPS) is 28.2. The number of aliphatic hydroxyl groups is 1. The molecule has 5 heteroatoms. The predicted molar refractivity (Wildman–Crippen MR) is 135 cm³/mol. The molecule has 1 aliphatic heterocycles. The lowest BCUT2D eigenvalue weighted by molar-refractivity contribution is -0.905. The van der Waals surface area contributed by atoms with Gasteiger partial charge in [-0.05, 0) is 59.9 Å². The first kappa shape index (κ1) is 22.9. The zero-order valence-electron chi connectivity index (χ0n) is 20.4. The van der Waals surface area contributed by atoms with Gasteiger partial charge in [-0.25, -0.2) is 0 Å². The average molecular weight is 460 g/mol. The molecule has 3 aromatic rings. The molecule has 1 heterocycles. The van der Waals surface area contributed by atoms with Crippen LogP contribution in [0.5, 0.6) is 5.75 Å². The average Bonchev–Trinajstić information content (AvgIpc) is 2.83. The summed E-state index contributed by atoms with van der Waals surface area (Å²) >= 11 is 0. The number of nitrogens with zero attached hydrogens (tertiary/aromatic N) is 1. The first-order valence-corrected chi connectivity index (χ1v) is 12.2. The van der Waals surface area contributed by atoms with Crippen molar-refractivity contribution >= 4 is 16.7 Å². The number of quaternary nitrogens is 1. The van der Waals surface area contributed by atoms with E-state index in [0.717, 1.165) is 52.4 Å². The molecule has 5 rings (SSSR count). The van der Waals surface area contributed by atoms with Crippen LogP contribution in [0.2, 0.25) is 0 Å². The number of piperidine rings is 1. The minimum Gasteiger partial charge on any atom is -0.497 e. The van der Waals surface area contributed by atoms with E-state index in [4.69, 9.17) is 4.74 Å². The van der Waals surface area contributed by atoms with Crippen LogP contribution in [-0.4, -0.2) is 61.4 Å². The highest BCUT2D eigenvalue weighted by molar-refractivity contribution is 5.98. The van der Waals surface area contributed by atoms with Gasteiger partial charge in [0.2, 0.25) is 0 Å². The number of carbonyl (C=O) groups excluding carboxylic acids is 1. The molecule has 0 aromatic heterocycles. The third-order valence-corrected chi connectivity index (χ3v) is 8.19. The summed E-state index contributed by atoms with van der Waals surface area (Å²) in [5, 5.41) is 17.6. The highest BCUT2D eigenvalue weighted by Gasteiger charge is 2.60. The molecule has 0 unspecified atom stereocenters. The highest BCUT2D eigenvalue weighted by Crippen LogP contribution is 2.53. The van der Waals surface area contributed by atoms with Crippen LogP contribution in [0.1, 0.15) is 41.6 Å². The second kappa shape index (κ2) is 8.40. The summed E-state index contributed by atoms with van der Waals surface area (Å²) < 4.78 is 6.33. The Morgan fingerprint density at radius 1 is 1.03 bits per heavy atom. The van der Waals surface area contributed by atoms with E-state index in [0.29, 0.717) is 18.5 Å². The number of carbonyl (C=O) groups is 1. The van der Waals surface area contributed by atoms with Gasteiger partial charge in [0.1, 0.15) is 17.9 Å². The fourth-order valence-corrected chi connectivity index (χ4v) is 6.38. The molecule has 3 atom stereocenters. The molecule has 178 valence electrons. The van der Waals surface area contributed by atoms with E-state index >= 15 is 0 Å². The monoisotopic (exact) mass is 459 g/mol. The molecule has 1 saturated heterocycles. The number of likely N-dealkylation sites (N-methyl/N-ethyl adjacent to an activating group) is 1. The van der Waals surface area contributed by atoms with Crippen molar-refractivity contribution < 1.29 is 19.1 Å². The minimum atomic E-state index is -0.828. The molecule has 1 saturated carbocycles. The molecule has 0 radical (unpaired) electrons. The number of hydrogen-bond donors (Lipinski definition) is 2. The number of hydrogen-bond acceptors (Lipinski definition) is 3. The summed E-state index contributed by atoms with van der Waals surface area (Å²) in [6.07, 6.45) is 3.01. The Hall–Kier alpha value is -2.89. The molecule has 2 N–H and O–H groups in total. The van der Waals surface area contributed by atoms with Gasteiger partial charge in [-0.3, -0.25) is 4.79 Å². The van der Waals surface area contributed by atoms with E-state index in [1.807, 2.05) is 48.5 Å². The van der Waals surface area contributed by atoms with Crippen LogP contribution >= 0.6 is 0 Å². The lowest BCUT2D eigenvalue weighted by atomic mass is 9.55. The first-order chi connectivity index (χ1) is 16.2. The summed E-state index contributed by atoms with van der Waals surface area (Å²) in [5.74, 6) is 0.754. The van der Waals surface area contributed by atoms with Crippen LogP contribution in [0.25, 0.3) is 10.8 Å². The quantitative estimate of drug-likeness (QED) is 0.573. The van der Waals surface area contributed by atoms with Crippen LogP contribution in [0, 0.1) is 0 Å². The van der Waals surface area contributed by atoms with Gasteiger partial charge in [-0.1, -0.05) is 42.5 Å². The smallest absolute Gasteiger partial charge is 0.251 e. The lowest BCUT2D eigenvalue weighted by Gasteiger charge is -2.58. The lowest BCUT2D eigenvalue weighted by Crippen LogP contribution is -2.70. The van der Waals surface area contributed by atoms with Crippen molar-refractivity contribution in [3.63, 3.8) is 0 Å². The van der Waals surface area contributed by atoms with E-state index < -0.39 is 11.0 Å². The van der Waals surface area contributed by atoms with Gasteiger partial charge in [0.05, 0.1) is 27.7 Å². The van der Waals surface area contributed by atoms with Gasteiger partial charge in [-0.15, -0.1) is 0 Å². The van der Waals surface area contributed by atoms with Gasteiger partial charge in [-0.2, -0.15) is 0 Å². The first-order valence-electron chi connectivity index (χ1n) is 12.2. The van der Waals surface area contributed by atoms with Crippen molar-refractivity contribution in [2.75, 3.05) is 34.3 Å². The molecule has 34 heavy (non-hydrogen) atoms. The summed E-state index contributed by atoms with van der Waals surface area (Å²) in [6.45, 7) is 1.68. The molecule has 2 aliphatic rings. The van der Waals surface area contributed by atoms with Crippen LogP contribution < -0.4 is 10.1 Å². The summed E-state index contributed by atoms with van der Waals surface area (Å²) in [5.41, 5.74) is 0.537. The van der Waals surface area contributed by atoms with Crippen LogP contribution in [0.4, 0.5) is 0 Å².